The minimum atomic E-state index is -0.461. The van der Waals surface area contributed by atoms with Crippen molar-refractivity contribution < 1.29 is 14.6 Å². The van der Waals surface area contributed by atoms with Gasteiger partial charge in [-0.2, -0.15) is 0 Å². The van der Waals surface area contributed by atoms with Crippen molar-refractivity contribution in [3.63, 3.8) is 0 Å². The van der Waals surface area contributed by atoms with Crippen LogP contribution in [-0.2, 0) is 23.4 Å². The van der Waals surface area contributed by atoms with Gasteiger partial charge in [0, 0.05) is 30.4 Å². The number of aliphatic hydroxyl groups excluding tert-OH is 1. The third-order valence-electron chi connectivity index (χ3n) is 6.32. The molecule has 0 unspecified atom stereocenters. The minimum absolute atomic E-state index is 0.0167. The van der Waals surface area contributed by atoms with Gasteiger partial charge in [0.15, 0.2) is 5.82 Å². The summed E-state index contributed by atoms with van der Waals surface area (Å²) in [6.07, 6.45) is 4.18. The summed E-state index contributed by atoms with van der Waals surface area (Å²) in [6, 6.07) is 17.1. The number of ether oxygens (including phenoxy) is 1. The molecular weight excluding hydrogens is 390 g/mol. The number of fused-ring (bicyclic) bond motifs is 2. The molecule has 2 aliphatic rings. The van der Waals surface area contributed by atoms with Crippen molar-refractivity contribution in [1.82, 2.24) is 14.9 Å². The lowest BCUT2D eigenvalue weighted by Gasteiger charge is -2.44. The second-order valence-corrected chi connectivity index (χ2v) is 8.17. The van der Waals surface area contributed by atoms with Crippen LogP contribution in [0.1, 0.15) is 40.0 Å². The van der Waals surface area contributed by atoms with E-state index in [0.29, 0.717) is 43.9 Å². The molecule has 1 amide bonds. The van der Waals surface area contributed by atoms with Gasteiger partial charge in [-0.25, -0.2) is 9.97 Å². The molecule has 1 spiro atoms. The predicted molar refractivity (Wildman–Crippen MR) is 116 cm³/mol. The molecule has 6 nitrogen and oxygen atoms in total. The topological polar surface area (TPSA) is 75.5 Å². The molecule has 1 N–H and O–H groups in total. The lowest BCUT2D eigenvalue weighted by atomic mass is 9.83. The number of hydrogen-bond donors (Lipinski definition) is 1. The van der Waals surface area contributed by atoms with Gasteiger partial charge < -0.3 is 14.7 Å². The second kappa shape index (κ2) is 8.21. The van der Waals surface area contributed by atoms with Crippen molar-refractivity contribution in [3.05, 3.63) is 83.2 Å². The Kier molecular flexibility index (Phi) is 5.26. The van der Waals surface area contributed by atoms with Gasteiger partial charge in [-0.1, -0.05) is 42.5 Å². The van der Waals surface area contributed by atoms with Gasteiger partial charge in [0.1, 0.15) is 5.60 Å². The summed E-state index contributed by atoms with van der Waals surface area (Å²) in [5.41, 5.74) is 4.10. The first-order valence-electron chi connectivity index (χ1n) is 10.7. The Bertz CT molecular complexity index is 1070. The molecule has 3 aromatic rings. The van der Waals surface area contributed by atoms with Crippen molar-refractivity contribution in [2.45, 2.75) is 31.5 Å². The third-order valence-corrected chi connectivity index (χ3v) is 6.32. The first kappa shape index (κ1) is 19.8. The van der Waals surface area contributed by atoms with Gasteiger partial charge in [0.05, 0.1) is 18.9 Å². The molecule has 1 saturated heterocycles. The maximum atomic E-state index is 13.0. The second-order valence-electron chi connectivity index (χ2n) is 8.17. The molecule has 2 aliphatic heterocycles. The lowest BCUT2D eigenvalue weighted by molar-refractivity contribution is -0.0967. The number of aliphatic hydroxyl groups is 1. The SMILES string of the molecule is O=C(c1ccc(CO)cc1)N1CCC2(CC1)OCCc1cnc(-c3ccccc3)nc12. The Morgan fingerprint density at radius 3 is 2.52 bits per heavy atom. The molecule has 0 aliphatic carbocycles. The normalized spacial score (nSPS) is 17.4. The predicted octanol–water partition coefficient (Wildman–Crippen LogP) is 3.34. The van der Waals surface area contributed by atoms with Crippen LogP contribution < -0.4 is 0 Å². The molecule has 1 fully saturated rings. The number of aromatic nitrogens is 2. The van der Waals surface area contributed by atoms with Crippen molar-refractivity contribution in [3.8, 4) is 11.4 Å². The van der Waals surface area contributed by atoms with Crippen LogP contribution >= 0.6 is 0 Å². The largest absolute Gasteiger partial charge is 0.392 e. The summed E-state index contributed by atoms with van der Waals surface area (Å²) in [6.45, 7) is 1.86. The number of nitrogens with zero attached hydrogens (tertiary/aromatic N) is 3. The number of carbonyl (C=O) groups excluding carboxylic acids is 1. The summed E-state index contributed by atoms with van der Waals surface area (Å²) in [4.78, 5) is 24.4. The van der Waals surface area contributed by atoms with Crippen LogP contribution in [0.25, 0.3) is 11.4 Å². The highest BCUT2D eigenvalue weighted by atomic mass is 16.5. The molecule has 0 atom stereocenters. The van der Waals surface area contributed by atoms with Crippen LogP contribution in [0.15, 0.2) is 60.8 Å². The third kappa shape index (κ3) is 3.73. The van der Waals surface area contributed by atoms with E-state index in [1.807, 2.05) is 41.4 Å². The quantitative estimate of drug-likeness (QED) is 0.710. The molecule has 0 saturated carbocycles. The number of benzene rings is 2. The van der Waals surface area contributed by atoms with E-state index >= 15 is 0 Å². The first-order chi connectivity index (χ1) is 15.2. The van der Waals surface area contributed by atoms with Crippen LogP contribution in [0.3, 0.4) is 0 Å². The number of carbonyl (C=O) groups is 1. The van der Waals surface area contributed by atoms with Crippen molar-refractivity contribution in [2.24, 2.45) is 0 Å². The summed E-state index contributed by atoms with van der Waals surface area (Å²) >= 11 is 0. The molecule has 2 aromatic carbocycles. The average molecular weight is 415 g/mol. The van der Waals surface area contributed by atoms with Gasteiger partial charge in [0.2, 0.25) is 0 Å². The van der Waals surface area contributed by atoms with Crippen molar-refractivity contribution >= 4 is 5.91 Å². The van der Waals surface area contributed by atoms with E-state index in [0.717, 1.165) is 28.8 Å². The van der Waals surface area contributed by atoms with E-state index in [1.54, 1.807) is 24.3 Å². The maximum Gasteiger partial charge on any atom is 0.253 e. The zero-order valence-corrected chi connectivity index (χ0v) is 17.3. The molecule has 0 bridgehead atoms. The average Bonchev–Trinajstić information content (AvgIpc) is 2.85. The highest BCUT2D eigenvalue weighted by molar-refractivity contribution is 5.94. The zero-order valence-electron chi connectivity index (χ0n) is 17.3. The minimum Gasteiger partial charge on any atom is -0.392 e. The highest BCUT2D eigenvalue weighted by Crippen LogP contribution is 2.41. The van der Waals surface area contributed by atoms with Crippen LogP contribution in [0.2, 0.25) is 0 Å². The van der Waals surface area contributed by atoms with Crippen molar-refractivity contribution in [2.75, 3.05) is 19.7 Å². The lowest BCUT2D eigenvalue weighted by Crippen LogP contribution is -2.49. The summed E-state index contributed by atoms with van der Waals surface area (Å²) in [7, 11) is 0. The Morgan fingerprint density at radius 2 is 1.81 bits per heavy atom. The zero-order chi connectivity index (χ0) is 21.3. The fraction of sp³-hybridized carbons (Fsp3) is 0.320. The molecule has 5 rings (SSSR count). The Labute approximate surface area is 181 Å². The Hall–Kier alpha value is -3.09. The molecular formula is C25H25N3O3. The number of rotatable bonds is 3. The summed E-state index contributed by atoms with van der Waals surface area (Å²) in [5, 5.41) is 9.21. The number of amides is 1. The van der Waals surface area contributed by atoms with Crippen LogP contribution in [0, 0.1) is 0 Å². The van der Waals surface area contributed by atoms with E-state index in [9.17, 15) is 9.90 Å². The van der Waals surface area contributed by atoms with E-state index < -0.39 is 5.60 Å². The fourth-order valence-corrected chi connectivity index (χ4v) is 4.52. The van der Waals surface area contributed by atoms with Gasteiger partial charge in [-0.05, 0) is 42.5 Å². The van der Waals surface area contributed by atoms with Crippen LogP contribution in [0.4, 0.5) is 0 Å². The molecule has 0 radical (unpaired) electrons. The standard InChI is InChI=1S/C25H25N3O3/c29-17-18-6-8-20(9-7-18)24(30)28-13-11-25(12-14-28)22-21(10-15-31-25)16-26-23(27-22)19-4-2-1-3-5-19/h1-9,16,29H,10-15,17H2. The van der Waals surface area contributed by atoms with E-state index in [2.05, 4.69) is 4.98 Å². The fourth-order valence-electron chi connectivity index (χ4n) is 4.52. The smallest absolute Gasteiger partial charge is 0.253 e. The Balaban J connectivity index is 1.37. The summed E-state index contributed by atoms with van der Waals surface area (Å²) in [5.74, 6) is 0.731. The molecule has 31 heavy (non-hydrogen) atoms. The Morgan fingerprint density at radius 1 is 1.06 bits per heavy atom. The summed E-state index contributed by atoms with van der Waals surface area (Å²) < 4.78 is 6.33. The van der Waals surface area contributed by atoms with Gasteiger partial charge in [-0.3, -0.25) is 4.79 Å². The van der Waals surface area contributed by atoms with Crippen LogP contribution in [-0.4, -0.2) is 45.6 Å². The van der Waals surface area contributed by atoms with Gasteiger partial charge >= 0.3 is 0 Å². The van der Waals surface area contributed by atoms with E-state index in [1.165, 1.54) is 0 Å². The number of likely N-dealkylation sites (tertiary alicyclic amines) is 1. The van der Waals surface area contributed by atoms with Gasteiger partial charge in [-0.15, -0.1) is 0 Å². The highest BCUT2D eigenvalue weighted by Gasteiger charge is 2.43. The number of hydrogen-bond acceptors (Lipinski definition) is 5. The first-order valence-corrected chi connectivity index (χ1v) is 10.7. The maximum absolute atomic E-state index is 13.0. The van der Waals surface area contributed by atoms with Gasteiger partial charge in [0.25, 0.3) is 5.91 Å². The molecule has 3 heterocycles. The van der Waals surface area contributed by atoms with E-state index in [-0.39, 0.29) is 12.5 Å². The molecule has 158 valence electrons. The molecule has 6 heteroatoms. The molecule has 1 aromatic heterocycles. The monoisotopic (exact) mass is 415 g/mol. The van der Waals surface area contributed by atoms with Crippen molar-refractivity contribution in [1.29, 1.82) is 0 Å². The van der Waals surface area contributed by atoms with E-state index in [4.69, 9.17) is 9.72 Å². The van der Waals surface area contributed by atoms with Crippen LogP contribution in [0.5, 0.6) is 0 Å². The number of piperidine rings is 1.